The molecule has 0 aliphatic carbocycles. The van der Waals surface area contributed by atoms with Crippen LogP contribution in [0.4, 0.5) is 5.82 Å². The average molecular weight is 256 g/mol. The molecular weight excluding hydrogens is 245 g/mol. The van der Waals surface area contributed by atoms with Crippen LogP contribution in [0.25, 0.3) is 5.69 Å². The molecule has 3 nitrogen and oxygen atoms in total. The fourth-order valence-corrected chi connectivity index (χ4v) is 1.84. The Morgan fingerprint density at radius 3 is 2.75 bits per heavy atom. The number of nitrogens with zero attached hydrogens (tertiary/aromatic N) is 2. The van der Waals surface area contributed by atoms with E-state index in [0.717, 1.165) is 12.1 Å². The Bertz CT molecular complexity index is 520. The summed E-state index contributed by atoms with van der Waals surface area (Å²) in [6.07, 6.45) is 0.829. The molecule has 0 bridgehead atoms. The van der Waals surface area contributed by atoms with Gasteiger partial charge in [-0.05, 0) is 18.6 Å². The van der Waals surface area contributed by atoms with E-state index < -0.39 is 0 Å². The highest BCUT2D eigenvalue weighted by atomic mass is 35.5. The van der Waals surface area contributed by atoms with Crippen molar-refractivity contribution in [1.29, 1.82) is 0 Å². The Balaban J connectivity index is 2.58. The molecular formula is C11H11Cl2N3. The molecule has 1 aromatic heterocycles. The van der Waals surface area contributed by atoms with E-state index in [-0.39, 0.29) is 0 Å². The van der Waals surface area contributed by atoms with Crippen LogP contribution in [0.15, 0.2) is 24.3 Å². The number of benzene rings is 1. The highest BCUT2D eigenvalue weighted by Gasteiger charge is 2.10. The molecule has 0 unspecified atom stereocenters. The molecule has 16 heavy (non-hydrogen) atoms. The molecule has 0 atom stereocenters. The minimum absolute atomic E-state index is 0.460. The van der Waals surface area contributed by atoms with E-state index in [1.165, 1.54) is 0 Å². The number of aromatic nitrogens is 2. The summed E-state index contributed by atoms with van der Waals surface area (Å²) in [5, 5.41) is 5.30. The first kappa shape index (κ1) is 11.3. The highest BCUT2D eigenvalue weighted by Crippen LogP contribution is 2.29. The third-order valence-electron chi connectivity index (χ3n) is 2.31. The van der Waals surface area contributed by atoms with Gasteiger partial charge in [-0.3, -0.25) is 0 Å². The summed E-state index contributed by atoms with van der Waals surface area (Å²) in [6, 6.07) is 7.21. The van der Waals surface area contributed by atoms with E-state index >= 15 is 0 Å². The van der Waals surface area contributed by atoms with E-state index in [2.05, 4.69) is 5.10 Å². The first-order chi connectivity index (χ1) is 7.63. The Hall–Kier alpha value is -1.19. The van der Waals surface area contributed by atoms with Gasteiger partial charge >= 0.3 is 0 Å². The van der Waals surface area contributed by atoms with Gasteiger partial charge in [-0.15, -0.1) is 0 Å². The zero-order valence-electron chi connectivity index (χ0n) is 8.74. The van der Waals surface area contributed by atoms with Crippen LogP contribution < -0.4 is 5.73 Å². The lowest BCUT2D eigenvalue weighted by molar-refractivity contribution is 0.849. The van der Waals surface area contributed by atoms with Crippen molar-refractivity contribution in [1.82, 2.24) is 9.78 Å². The van der Waals surface area contributed by atoms with Crippen molar-refractivity contribution in [2.75, 3.05) is 5.73 Å². The Labute approximate surface area is 104 Å². The summed E-state index contributed by atoms with van der Waals surface area (Å²) < 4.78 is 1.60. The van der Waals surface area contributed by atoms with Gasteiger partial charge < -0.3 is 5.73 Å². The van der Waals surface area contributed by atoms with Crippen LogP contribution in [0.2, 0.25) is 10.0 Å². The van der Waals surface area contributed by atoms with Crippen LogP contribution >= 0.6 is 23.2 Å². The second-order valence-corrected chi connectivity index (χ2v) is 4.18. The van der Waals surface area contributed by atoms with Crippen LogP contribution in [-0.2, 0) is 6.42 Å². The molecule has 0 radical (unpaired) electrons. The second-order valence-electron chi connectivity index (χ2n) is 3.40. The molecule has 0 fully saturated rings. The predicted octanol–water partition coefficient (Wildman–Crippen LogP) is 3.32. The Morgan fingerprint density at radius 1 is 1.38 bits per heavy atom. The summed E-state index contributed by atoms with van der Waals surface area (Å²) >= 11 is 12.0. The van der Waals surface area contributed by atoms with Crippen molar-refractivity contribution >= 4 is 29.0 Å². The van der Waals surface area contributed by atoms with Gasteiger partial charge in [0.25, 0.3) is 0 Å². The fourth-order valence-electron chi connectivity index (χ4n) is 1.47. The molecule has 2 aromatic rings. The monoisotopic (exact) mass is 255 g/mol. The SMILES string of the molecule is CCc1cc(N)n(-c2cccc(Cl)c2Cl)n1. The maximum Gasteiger partial charge on any atom is 0.127 e. The molecule has 0 saturated heterocycles. The Kier molecular flexibility index (Phi) is 3.08. The molecule has 1 aromatic carbocycles. The van der Waals surface area contributed by atoms with Gasteiger partial charge in [0.15, 0.2) is 0 Å². The number of nitrogens with two attached hydrogens (primary N) is 1. The van der Waals surface area contributed by atoms with E-state index in [1.807, 2.05) is 25.1 Å². The van der Waals surface area contributed by atoms with Gasteiger partial charge in [-0.25, -0.2) is 4.68 Å². The van der Waals surface area contributed by atoms with Gasteiger partial charge in [0.05, 0.1) is 21.4 Å². The average Bonchev–Trinajstić information content (AvgIpc) is 2.64. The summed E-state index contributed by atoms with van der Waals surface area (Å²) in [4.78, 5) is 0. The van der Waals surface area contributed by atoms with Crippen LogP contribution in [0.3, 0.4) is 0 Å². The van der Waals surface area contributed by atoms with Gasteiger partial charge in [0.1, 0.15) is 5.82 Å². The van der Waals surface area contributed by atoms with Crippen LogP contribution in [0.5, 0.6) is 0 Å². The van der Waals surface area contributed by atoms with Crippen LogP contribution in [0.1, 0.15) is 12.6 Å². The van der Waals surface area contributed by atoms with Crippen molar-refractivity contribution in [3.63, 3.8) is 0 Å². The topological polar surface area (TPSA) is 43.8 Å². The lowest BCUT2D eigenvalue weighted by Crippen LogP contribution is -2.02. The minimum Gasteiger partial charge on any atom is -0.384 e. The zero-order valence-corrected chi connectivity index (χ0v) is 10.3. The molecule has 2 rings (SSSR count). The molecule has 1 heterocycles. The molecule has 0 spiro atoms. The van der Waals surface area contributed by atoms with Crippen LogP contribution in [0, 0.1) is 0 Å². The molecule has 0 aliphatic rings. The summed E-state index contributed by atoms with van der Waals surface area (Å²) in [6.45, 7) is 2.02. The lowest BCUT2D eigenvalue weighted by Gasteiger charge is -2.07. The Morgan fingerprint density at radius 2 is 2.12 bits per heavy atom. The smallest absolute Gasteiger partial charge is 0.127 e. The van der Waals surface area contributed by atoms with Crippen molar-refractivity contribution in [2.24, 2.45) is 0 Å². The van der Waals surface area contributed by atoms with Crippen molar-refractivity contribution < 1.29 is 0 Å². The second kappa shape index (κ2) is 4.36. The first-order valence-corrected chi connectivity index (χ1v) is 5.68. The van der Waals surface area contributed by atoms with Crippen LogP contribution in [-0.4, -0.2) is 9.78 Å². The quantitative estimate of drug-likeness (QED) is 0.895. The van der Waals surface area contributed by atoms with Crippen molar-refractivity contribution in [3.8, 4) is 5.69 Å². The molecule has 0 saturated carbocycles. The minimum atomic E-state index is 0.460. The number of rotatable bonds is 2. The normalized spacial score (nSPS) is 10.7. The van der Waals surface area contributed by atoms with E-state index in [9.17, 15) is 0 Å². The number of nitrogen functional groups attached to an aromatic ring is 1. The summed E-state index contributed by atoms with van der Waals surface area (Å²) in [5.74, 6) is 0.556. The molecule has 2 N–H and O–H groups in total. The van der Waals surface area contributed by atoms with E-state index in [0.29, 0.717) is 21.6 Å². The summed E-state index contributed by atoms with van der Waals surface area (Å²) in [5.41, 5.74) is 7.49. The first-order valence-electron chi connectivity index (χ1n) is 4.92. The highest BCUT2D eigenvalue weighted by molar-refractivity contribution is 6.43. The molecule has 0 amide bonds. The predicted molar refractivity (Wildman–Crippen MR) is 67.4 cm³/mol. The fraction of sp³-hybridized carbons (Fsp3) is 0.182. The number of anilines is 1. The number of aryl methyl sites for hydroxylation is 1. The van der Waals surface area contributed by atoms with Gasteiger partial charge in [0, 0.05) is 6.07 Å². The van der Waals surface area contributed by atoms with E-state index in [1.54, 1.807) is 10.7 Å². The third kappa shape index (κ3) is 1.88. The summed E-state index contributed by atoms with van der Waals surface area (Å²) in [7, 11) is 0. The molecule has 84 valence electrons. The molecule has 5 heteroatoms. The lowest BCUT2D eigenvalue weighted by atomic mass is 10.3. The molecule has 0 aliphatic heterocycles. The van der Waals surface area contributed by atoms with Gasteiger partial charge in [-0.1, -0.05) is 36.2 Å². The zero-order chi connectivity index (χ0) is 11.7. The van der Waals surface area contributed by atoms with E-state index in [4.69, 9.17) is 28.9 Å². The number of hydrogen-bond donors (Lipinski definition) is 1. The third-order valence-corrected chi connectivity index (χ3v) is 3.12. The standard InChI is InChI=1S/C11H11Cl2N3/c1-2-7-6-10(14)16(15-7)9-5-3-4-8(12)11(9)13/h3-6H,2,14H2,1H3. The van der Waals surface area contributed by atoms with Gasteiger partial charge in [-0.2, -0.15) is 5.10 Å². The van der Waals surface area contributed by atoms with Crippen molar-refractivity contribution in [3.05, 3.63) is 40.0 Å². The van der Waals surface area contributed by atoms with Gasteiger partial charge in [0.2, 0.25) is 0 Å². The maximum atomic E-state index is 6.10. The van der Waals surface area contributed by atoms with Crippen molar-refractivity contribution in [2.45, 2.75) is 13.3 Å². The number of hydrogen-bond acceptors (Lipinski definition) is 2. The largest absolute Gasteiger partial charge is 0.384 e. The maximum absolute atomic E-state index is 6.10. The number of halogens is 2.